The third kappa shape index (κ3) is 4.05. The summed E-state index contributed by atoms with van der Waals surface area (Å²) in [5.74, 6) is -0.470. The smallest absolute Gasteiger partial charge is 0.350 e. The topological polar surface area (TPSA) is 29.1 Å². The SMILES string of the molecule is CCC[C@H](C)NC(=O)c1cccc(C(F)(F)F)c1. The Bertz CT molecular complexity index is 415. The summed E-state index contributed by atoms with van der Waals surface area (Å²) in [6.45, 7) is 3.81. The third-order valence-electron chi connectivity index (χ3n) is 2.55. The van der Waals surface area contributed by atoms with E-state index in [9.17, 15) is 18.0 Å². The number of carbonyl (C=O) groups is 1. The highest BCUT2D eigenvalue weighted by Gasteiger charge is 2.30. The Morgan fingerprint density at radius 3 is 2.61 bits per heavy atom. The average molecular weight is 259 g/mol. The van der Waals surface area contributed by atoms with Gasteiger partial charge >= 0.3 is 6.18 Å². The second-order valence-electron chi connectivity index (χ2n) is 4.24. The minimum absolute atomic E-state index is 0.0350. The highest BCUT2D eigenvalue weighted by atomic mass is 19.4. The van der Waals surface area contributed by atoms with Gasteiger partial charge in [0.2, 0.25) is 0 Å². The van der Waals surface area contributed by atoms with E-state index in [1.807, 2.05) is 13.8 Å². The first-order chi connectivity index (χ1) is 8.34. The Morgan fingerprint density at radius 1 is 1.39 bits per heavy atom. The van der Waals surface area contributed by atoms with Gasteiger partial charge in [0, 0.05) is 11.6 Å². The van der Waals surface area contributed by atoms with Crippen molar-refractivity contribution in [3.63, 3.8) is 0 Å². The predicted octanol–water partition coefficient (Wildman–Crippen LogP) is 3.62. The summed E-state index contributed by atoms with van der Waals surface area (Å²) in [7, 11) is 0. The molecule has 1 aromatic rings. The van der Waals surface area contributed by atoms with E-state index in [4.69, 9.17) is 0 Å². The molecule has 0 aliphatic carbocycles. The first-order valence-corrected chi connectivity index (χ1v) is 5.82. The minimum Gasteiger partial charge on any atom is -0.350 e. The van der Waals surface area contributed by atoms with Crippen molar-refractivity contribution < 1.29 is 18.0 Å². The molecule has 0 spiro atoms. The molecule has 1 N–H and O–H groups in total. The highest BCUT2D eigenvalue weighted by molar-refractivity contribution is 5.94. The van der Waals surface area contributed by atoms with E-state index < -0.39 is 17.6 Å². The lowest BCUT2D eigenvalue weighted by molar-refractivity contribution is -0.137. The van der Waals surface area contributed by atoms with Crippen LogP contribution in [0.15, 0.2) is 24.3 Å². The molecule has 2 nitrogen and oxygen atoms in total. The second-order valence-corrected chi connectivity index (χ2v) is 4.24. The number of alkyl halides is 3. The lowest BCUT2D eigenvalue weighted by Gasteiger charge is -2.13. The minimum atomic E-state index is -4.43. The molecule has 0 heterocycles. The molecule has 0 unspecified atom stereocenters. The van der Waals surface area contributed by atoms with Gasteiger partial charge in [-0.3, -0.25) is 4.79 Å². The van der Waals surface area contributed by atoms with Gasteiger partial charge in [0.25, 0.3) is 5.91 Å². The fourth-order valence-corrected chi connectivity index (χ4v) is 1.65. The van der Waals surface area contributed by atoms with Crippen LogP contribution in [0.1, 0.15) is 42.6 Å². The van der Waals surface area contributed by atoms with E-state index in [2.05, 4.69) is 5.32 Å². The first-order valence-electron chi connectivity index (χ1n) is 5.82. The monoisotopic (exact) mass is 259 g/mol. The maximum atomic E-state index is 12.5. The van der Waals surface area contributed by atoms with Crippen LogP contribution in [-0.2, 0) is 6.18 Å². The van der Waals surface area contributed by atoms with Crippen LogP contribution in [0.3, 0.4) is 0 Å². The van der Waals surface area contributed by atoms with E-state index in [0.717, 1.165) is 25.0 Å². The third-order valence-corrected chi connectivity index (χ3v) is 2.55. The largest absolute Gasteiger partial charge is 0.416 e. The molecular weight excluding hydrogens is 243 g/mol. The van der Waals surface area contributed by atoms with E-state index in [0.29, 0.717) is 0 Å². The normalized spacial score (nSPS) is 13.2. The van der Waals surface area contributed by atoms with Gasteiger partial charge in [-0.25, -0.2) is 0 Å². The van der Waals surface area contributed by atoms with Gasteiger partial charge in [-0.15, -0.1) is 0 Å². The number of hydrogen-bond donors (Lipinski definition) is 1. The van der Waals surface area contributed by atoms with E-state index in [1.165, 1.54) is 12.1 Å². The van der Waals surface area contributed by atoms with Crippen molar-refractivity contribution in [2.45, 2.75) is 38.9 Å². The summed E-state index contributed by atoms with van der Waals surface area (Å²) in [6, 6.07) is 4.39. The van der Waals surface area contributed by atoms with Gasteiger partial charge in [-0.05, 0) is 31.5 Å². The van der Waals surface area contributed by atoms with Crippen LogP contribution in [0.5, 0.6) is 0 Å². The van der Waals surface area contributed by atoms with Gasteiger partial charge < -0.3 is 5.32 Å². The van der Waals surface area contributed by atoms with Gasteiger partial charge in [-0.2, -0.15) is 13.2 Å². The summed E-state index contributed by atoms with van der Waals surface area (Å²) >= 11 is 0. The standard InChI is InChI=1S/C13H16F3NO/c1-3-5-9(2)17-12(18)10-6-4-7-11(8-10)13(14,15)16/h4,6-9H,3,5H2,1-2H3,(H,17,18)/t9-/m0/s1. The van der Waals surface area contributed by atoms with Crippen LogP contribution in [0.25, 0.3) is 0 Å². The second kappa shape index (κ2) is 5.89. The molecule has 1 aromatic carbocycles. The fourth-order valence-electron chi connectivity index (χ4n) is 1.65. The van der Waals surface area contributed by atoms with Crippen LogP contribution < -0.4 is 5.32 Å². The van der Waals surface area contributed by atoms with Gasteiger partial charge in [0.1, 0.15) is 0 Å². The number of halogens is 3. The Kier molecular flexibility index (Phi) is 4.76. The molecule has 0 saturated carbocycles. The number of hydrogen-bond acceptors (Lipinski definition) is 1. The van der Waals surface area contributed by atoms with Crippen molar-refractivity contribution in [3.8, 4) is 0 Å². The lowest BCUT2D eigenvalue weighted by Crippen LogP contribution is -2.32. The Labute approximate surface area is 104 Å². The number of rotatable bonds is 4. The zero-order valence-electron chi connectivity index (χ0n) is 10.3. The lowest BCUT2D eigenvalue weighted by atomic mass is 10.1. The fraction of sp³-hybridized carbons (Fsp3) is 0.462. The molecule has 0 fully saturated rings. The summed E-state index contributed by atoms with van der Waals surface area (Å²) in [5.41, 5.74) is -0.772. The zero-order chi connectivity index (χ0) is 13.8. The molecule has 0 aliphatic heterocycles. The first kappa shape index (κ1) is 14.5. The molecule has 0 saturated heterocycles. The van der Waals surface area contributed by atoms with Crippen molar-refractivity contribution in [3.05, 3.63) is 35.4 Å². The molecule has 1 rings (SSSR count). The zero-order valence-corrected chi connectivity index (χ0v) is 10.3. The van der Waals surface area contributed by atoms with Crippen LogP contribution in [0.2, 0.25) is 0 Å². The summed E-state index contributed by atoms with van der Waals surface area (Å²) < 4.78 is 37.4. The average Bonchev–Trinajstić information content (AvgIpc) is 2.28. The molecule has 0 aromatic heterocycles. The maximum absolute atomic E-state index is 12.5. The van der Waals surface area contributed by atoms with Gasteiger partial charge in [-0.1, -0.05) is 19.4 Å². The number of amides is 1. The van der Waals surface area contributed by atoms with Crippen molar-refractivity contribution in [2.75, 3.05) is 0 Å². The van der Waals surface area contributed by atoms with Crippen molar-refractivity contribution in [1.82, 2.24) is 5.32 Å². The molecule has 18 heavy (non-hydrogen) atoms. The molecule has 5 heteroatoms. The number of carbonyl (C=O) groups excluding carboxylic acids is 1. The number of benzene rings is 1. The Balaban J connectivity index is 2.81. The van der Waals surface area contributed by atoms with Gasteiger partial charge in [0.05, 0.1) is 5.56 Å². The van der Waals surface area contributed by atoms with Crippen LogP contribution in [0.4, 0.5) is 13.2 Å². The van der Waals surface area contributed by atoms with Crippen LogP contribution in [0, 0.1) is 0 Å². The van der Waals surface area contributed by atoms with E-state index >= 15 is 0 Å². The molecule has 1 amide bonds. The number of nitrogens with one attached hydrogen (secondary N) is 1. The van der Waals surface area contributed by atoms with Gasteiger partial charge in [0.15, 0.2) is 0 Å². The summed E-state index contributed by atoms with van der Waals surface area (Å²) in [5, 5.41) is 2.67. The van der Waals surface area contributed by atoms with E-state index in [1.54, 1.807) is 0 Å². The maximum Gasteiger partial charge on any atom is 0.416 e. The Morgan fingerprint density at radius 2 is 2.06 bits per heavy atom. The molecule has 0 radical (unpaired) electrons. The van der Waals surface area contributed by atoms with Crippen LogP contribution in [-0.4, -0.2) is 11.9 Å². The van der Waals surface area contributed by atoms with Crippen molar-refractivity contribution >= 4 is 5.91 Å². The summed E-state index contributed by atoms with van der Waals surface area (Å²) in [4.78, 5) is 11.7. The molecule has 0 bridgehead atoms. The summed E-state index contributed by atoms with van der Waals surface area (Å²) in [6.07, 6.45) is -2.72. The van der Waals surface area contributed by atoms with Crippen molar-refractivity contribution in [2.24, 2.45) is 0 Å². The Hall–Kier alpha value is -1.52. The molecule has 100 valence electrons. The highest BCUT2D eigenvalue weighted by Crippen LogP contribution is 2.29. The van der Waals surface area contributed by atoms with Crippen LogP contribution >= 0.6 is 0 Å². The molecule has 1 atom stereocenters. The van der Waals surface area contributed by atoms with Crippen molar-refractivity contribution in [1.29, 1.82) is 0 Å². The van der Waals surface area contributed by atoms with E-state index in [-0.39, 0.29) is 11.6 Å². The predicted molar refractivity (Wildman–Crippen MR) is 63.3 cm³/mol. The quantitative estimate of drug-likeness (QED) is 0.879. The molecule has 0 aliphatic rings. The molecular formula is C13H16F3NO.